The number of fused-ring (bicyclic) bond motifs is 1. The number of allylic oxidation sites excluding steroid dienone is 1. The lowest BCUT2D eigenvalue weighted by molar-refractivity contribution is -0.148. The van der Waals surface area contributed by atoms with Crippen molar-refractivity contribution in [3.8, 4) is 0 Å². The molecule has 5 atom stereocenters. The monoisotopic (exact) mass is 632 g/mol. The summed E-state index contributed by atoms with van der Waals surface area (Å²) in [7, 11) is 1.22. The van der Waals surface area contributed by atoms with Crippen LogP contribution in [0.15, 0.2) is 51.1 Å². The molecule has 5 N–H and O–H groups in total. The number of ether oxygens (including phenoxy) is 1. The second kappa shape index (κ2) is 12.7. The summed E-state index contributed by atoms with van der Waals surface area (Å²) in [4.78, 5) is 72.3. The van der Waals surface area contributed by atoms with Crippen LogP contribution in [0, 0.1) is 12.8 Å². The number of ketones is 1. The molecule has 2 amide bonds. The van der Waals surface area contributed by atoms with E-state index in [4.69, 9.17) is 9.73 Å². The Labute approximate surface area is 266 Å². The van der Waals surface area contributed by atoms with E-state index < -0.39 is 35.6 Å². The van der Waals surface area contributed by atoms with Crippen molar-refractivity contribution < 1.29 is 38.9 Å². The molecule has 244 valence electrons. The van der Waals surface area contributed by atoms with E-state index in [2.05, 4.69) is 22.2 Å². The van der Waals surface area contributed by atoms with Crippen LogP contribution in [0.4, 0.5) is 0 Å². The number of rotatable bonds is 12. The largest absolute Gasteiger partial charge is 0.481 e. The number of Topliss-reactive ketones (excluding diaryl/α,β-unsaturated/α-hetero) is 1. The van der Waals surface area contributed by atoms with E-state index >= 15 is 0 Å². The third kappa shape index (κ3) is 5.44. The number of nitrogens with one attached hydrogen (secondary N) is 3. The third-order valence-electron chi connectivity index (χ3n) is 10.0. The normalized spacial score (nSPS) is 25.7. The Morgan fingerprint density at radius 3 is 2.30 bits per heavy atom. The first-order chi connectivity index (χ1) is 21.8. The number of carboxylic acids is 1. The molecule has 0 aromatic carbocycles. The Balaban J connectivity index is 1.58. The fourth-order valence-electron chi connectivity index (χ4n) is 7.46. The molecule has 0 radical (unpaired) electrons. The molecule has 1 saturated carbocycles. The summed E-state index contributed by atoms with van der Waals surface area (Å²) >= 11 is 0. The van der Waals surface area contributed by atoms with Gasteiger partial charge in [-0.25, -0.2) is 0 Å². The highest BCUT2D eigenvalue weighted by molar-refractivity contribution is 6.20. The molecule has 5 unspecified atom stereocenters. The predicted molar refractivity (Wildman–Crippen MR) is 168 cm³/mol. The fraction of sp³-hybridized carbons (Fsp3) is 0.471. The van der Waals surface area contributed by atoms with Gasteiger partial charge in [-0.05, 0) is 68.4 Å². The maximum Gasteiger partial charge on any atom is 0.317 e. The van der Waals surface area contributed by atoms with Gasteiger partial charge >= 0.3 is 11.9 Å². The number of aromatic nitrogens is 1. The van der Waals surface area contributed by atoms with E-state index in [1.54, 1.807) is 13.8 Å². The summed E-state index contributed by atoms with van der Waals surface area (Å²) in [6, 6.07) is -1.44. The van der Waals surface area contributed by atoms with E-state index in [1.165, 1.54) is 13.2 Å². The van der Waals surface area contributed by atoms with Gasteiger partial charge in [0, 0.05) is 65.6 Å². The molecule has 1 aliphatic carbocycles. The molecule has 12 heteroatoms. The molecule has 1 aromatic heterocycles. The minimum atomic E-state index is -1.20. The van der Waals surface area contributed by atoms with Crippen LogP contribution >= 0.6 is 0 Å². The maximum atomic E-state index is 14.0. The predicted octanol–water partition coefficient (Wildman–Crippen LogP) is 2.07. The van der Waals surface area contributed by atoms with Crippen LogP contribution in [0.5, 0.6) is 0 Å². The number of hydrogen-bond acceptors (Lipinski definition) is 8. The number of aliphatic carboxylic acids is 1. The minimum Gasteiger partial charge on any atom is -0.481 e. The molecule has 0 bridgehead atoms. The number of aliphatic imine (C=N–C) groups is 1. The lowest BCUT2D eigenvalue weighted by Crippen LogP contribution is -2.32. The van der Waals surface area contributed by atoms with Gasteiger partial charge in [-0.15, -0.1) is 0 Å². The quantitative estimate of drug-likeness (QED) is 0.171. The zero-order valence-corrected chi connectivity index (χ0v) is 26.7. The van der Waals surface area contributed by atoms with Gasteiger partial charge in [-0.1, -0.05) is 12.7 Å². The summed E-state index contributed by atoms with van der Waals surface area (Å²) in [5, 5.41) is 25.1. The summed E-state index contributed by atoms with van der Waals surface area (Å²) < 4.78 is 5.11. The van der Waals surface area contributed by atoms with Crippen molar-refractivity contribution in [2.24, 2.45) is 10.9 Å². The molecule has 1 fully saturated rings. The Hall–Kier alpha value is -4.58. The van der Waals surface area contributed by atoms with Crippen molar-refractivity contribution in [1.82, 2.24) is 15.6 Å². The number of carbonyl (C=O) groups excluding carboxylic acids is 4. The molecule has 1 aromatic rings. The topological polar surface area (TPSA) is 187 Å². The standard InChI is InChI=1S/C34H40N4O8/c1-7-18-14(2)22(37-33(18)44)12-21-15(3)20(8-9-25(40)41)29(35-21)27-28(34(45)46-6)31(42)26-17(5)23(36-30(26)27)13-24-19(10-11-39)16(4)32(43)38-24/h7,22,24,27-28,30,35,39H,1,8-13H2,2-6H3,(H,37,44)(H,38,43)(H,40,41). The lowest BCUT2D eigenvalue weighted by atomic mass is 9.86. The number of aliphatic hydroxyl groups excluding tert-OH is 1. The number of aromatic amines is 1. The molecule has 3 aliphatic heterocycles. The Morgan fingerprint density at radius 1 is 1.00 bits per heavy atom. The Morgan fingerprint density at radius 2 is 1.70 bits per heavy atom. The van der Waals surface area contributed by atoms with Gasteiger partial charge in [0.05, 0.1) is 25.2 Å². The average molecular weight is 633 g/mol. The molecule has 5 rings (SSSR count). The minimum absolute atomic E-state index is 0.114. The first kappa shape index (κ1) is 32.8. The highest BCUT2D eigenvalue weighted by atomic mass is 16.5. The fourth-order valence-corrected chi connectivity index (χ4v) is 7.46. The van der Waals surface area contributed by atoms with Crippen LogP contribution < -0.4 is 10.6 Å². The van der Waals surface area contributed by atoms with E-state index in [1.807, 2.05) is 13.8 Å². The maximum absolute atomic E-state index is 14.0. The van der Waals surface area contributed by atoms with Crippen molar-refractivity contribution in [2.75, 3.05) is 13.7 Å². The van der Waals surface area contributed by atoms with E-state index in [0.717, 1.165) is 22.4 Å². The number of carboxylic acid groups (broad SMARTS) is 1. The zero-order valence-electron chi connectivity index (χ0n) is 26.7. The van der Waals surface area contributed by atoms with Crippen molar-refractivity contribution in [3.63, 3.8) is 0 Å². The Kier molecular flexibility index (Phi) is 9.03. The van der Waals surface area contributed by atoms with Crippen molar-refractivity contribution in [3.05, 3.63) is 68.6 Å². The van der Waals surface area contributed by atoms with Gasteiger partial charge in [-0.2, -0.15) is 0 Å². The van der Waals surface area contributed by atoms with Crippen molar-refractivity contribution in [1.29, 1.82) is 0 Å². The van der Waals surface area contributed by atoms with Crippen LogP contribution in [0.1, 0.15) is 68.5 Å². The van der Waals surface area contributed by atoms with Crippen LogP contribution in [0.2, 0.25) is 0 Å². The summed E-state index contributed by atoms with van der Waals surface area (Å²) in [6.07, 6.45) is 2.52. The van der Waals surface area contributed by atoms with Crippen LogP contribution in [0.25, 0.3) is 0 Å². The van der Waals surface area contributed by atoms with E-state index in [9.17, 15) is 34.2 Å². The number of amides is 2. The molecule has 4 heterocycles. The first-order valence-electron chi connectivity index (χ1n) is 15.4. The van der Waals surface area contributed by atoms with Crippen LogP contribution in [-0.4, -0.2) is 82.3 Å². The van der Waals surface area contributed by atoms with Gasteiger partial charge in [0.25, 0.3) is 5.91 Å². The average Bonchev–Trinajstić information content (AvgIpc) is 3.74. The highest BCUT2D eigenvalue weighted by Gasteiger charge is 2.55. The summed E-state index contributed by atoms with van der Waals surface area (Å²) in [5.74, 6) is -4.50. The molecular weight excluding hydrogens is 592 g/mol. The zero-order chi connectivity index (χ0) is 33.6. The molecule has 46 heavy (non-hydrogen) atoms. The first-order valence-corrected chi connectivity index (χ1v) is 15.4. The lowest BCUT2D eigenvalue weighted by Gasteiger charge is -2.21. The SMILES string of the molecule is C=CC1=C(C)C(Cc2[nH]c(C3C4N=C(CC5NC(=O)C(C)=C5CCO)C(C)=C4C(=O)C3C(=O)OC)c(CCC(=O)O)c2C)NC1=O. The van der Waals surface area contributed by atoms with Crippen molar-refractivity contribution in [2.45, 2.75) is 83.8 Å². The number of hydrogen-bond donors (Lipinski definition) is 5. The molecule has 12 nitrogen and oxygen atoms in total. The van der Waals surface area contributed by atoms with Gasteiger partial charge in [0.2, 0.25) is 5.91 Å². The summed E-state index contributed by atoms with van der Waals surface area (Å²) in [6.45, 7) is 10.9. The van der Waals surface area contributed by atoms with Crippen LogP contribution in [-0.2, 0) is 41.6 Å². The van der Waals surface area contributed by atoms with Crippen LogP contribution in [0.3, 0.4) is 0 Å². The van der Waals surface area contributed by atoms with Gasteiger partial charge < -0.3 is 30.6 Å². The number of aliphatic hydroxyl groups is 1. The molecule has 0 spiro atoms. The number of nitrogens with zero attached hydrogens (tertiary/aromatic N) is 1. The van der Waals surface area contributed by atoms with E-state index in [0.29, 0.717) is 58.5 Å². The second-order valence-corrected chi connectivity index (χ2v) is 12.3. The smallest absolute Gasteiger partial charge is 0.317 e. The molecule has 0 saturated heterocycles. The van der Waals surface area contributed by atoms with E-state index in [-0.39, 0.29) is 43.3 Å². The number of carbonyl (C=O) groups is 5. The van der Waals surface area contributed by atoms with Crippen molar-refractivity contribution >= 4 is 35.2 Å². The van der Waals surface area contributed by atoms with Gasteiger partial charge in [0.1, 0.15) is 5.92 Å². The van der Waals surface area contributed by atoms with Gasteiger partial charge in [-0.3, -0.25) is 29.0 Å². The molecule has 4 aliphatic rings. The number of esters is 1. The second-order valence-electron chi connectivity index (χ2n) is 12.3. The third-order valence-corrected chi connectivity index (χ3v) is 10.0. The number of H-pyrrole nitrogens is 1. The van der Waals surface area contributed by atoms with Gasteiger partial charge in [0.15, 0.2) is 5.78 Å². The highest BCUT2D eigenvalue weighted by Crippen LogP contribution is 2.49. The molecular formula is C34H40N4O8. The number of methoxy groups -OCH3 is 1. The summed E-state index contributed by atoms with van der Waals surface area (Å²) in [5.41, 5.74) is 7.14. The Bertz CT molecular complexity index is 1690.